The first-order chi connectivity index (χ1) is 8.06. The number of rotatable bonds is 3. The monoisotopic (exact) mass is 270 g/mol. The van der Waals surface area contributed by atoms with E-state index < -0.39 is 5.97 Å². The first kappa shape index (κ1) is 12.1. The summed E-state index contributed by atoms with van der Waals surface area (Å²) < 4.78 is 0. The average molecular weight is 271 g/mol. The number of hydrogen-bond donors (Lipinski definition) is 1. The van der Waals surface area contributed by atoms with Gasteiger partial charge >= 0.3 is 5.97 Å². The second-order valence-corrected chi connectivity index (χ2v) is 4.24. The minimum Gasteiger partial charge on any atom is -0.481 e. The van der Waals surface area contributed by atoms with Crippen LogP contribution in [0.2, 0.25) is 10.3 Å². The van der Waals surface area contributed by atoms with Gasteiger partial charge in [-0.25, -0.2) is 9.97 Å². The second-order valence-electron chi connectivity index (χ2n) is 3.52. The fourth-order valence-electron chi connectivity index (χ4n) is 1.46. The van der Waals surface area contributed by atoms with Crippen LogP contribution in [0.25, 0.3) is 11.0 Å². The van der Waals surface area contributed by atoms with E-state index in [4.69, 9.17) is 28.3 Å². The van der Waals surface area contributed by atoms with Crippen LogP contribution in [0.15, 0.2) is 18.2 Å². The zero-order chi connectivity index (χ0) is 12.4. The van der Waals surface area contributed by atoms with Gasteiger partial charge in [-0.2, -0.15) is 0 Å². The van der Waals surface area contributed by atoms with Gasteiger partial charge in [0.2, 0.25) is 0 Å². The Morgan fingerprint density at radius 3 is 2.47 bits per heavy atom. The van der Waals surface area contributed by atoms with E-state index >= 15 is 0 Å². The van der Waals surface area contributed by atoms with Crippen LogP contribution in [0.5, 0.6) is 0 Å². The molecule has 0 bridgehead atoms. The van der Waals surface area contributed by atoms with Crippen molar-refractivity contribution >= 4 is 40.2 Å². The highest BCUT2D eigenvalue weighted by Crippen LogP contribution is 2.22. The molecule has 2 rings (SSSR count). The number of nitrogens with zero attached hydrogens (tertiary/aromatic N) is 2. The van der Waals surface area contributed by atoms with Gasteiger partial charge in [-0.15, -0.1) is 0 Å². The molecule has 0 aliphatic rings. The van der Waals surface area contributed by atoms with Crippen LogP contribution in [0.3, 0.4) is 0 Å². The summed E-state index contributed by atoms with van der Waals surface area (Å²) in [5.74, 6) is -0.828. The summed E-state index contributed by atoms with van der Waals surface area (Å²) >= 11 is 11.5. The first-order valence-corrected chi connectivity index (χ1v) is 5.65. The maximum Gasteiger partial charge on any atom is 0.303 e. The molecule has 1 N–H and O–H groups in total. The number of fused-ring (bicyclic) bond motifs is 1. The molecule has 0 spiro atoms. The van der Waals surface area contributed by atoms with Crippen molar-refractivity contribution in [1.29, 1.82) is 0 Å². The van der Waals surface area contributed by atoms with Gasteiger partial charge < -0.3 is 5.11 Å². The minimum absolute atomic E-state index is 0.0836. The van der Waals surface area contributed by atoms with E-state index in [0.717, 1.165) is 5.56 Å². The molecular formula is C11H8Cl2N2O2. The standard InChI is InChI=1S/C11H8Cl2N2O2/c12-10-11(13)15-8-5-6(2-4-9(16)17)1-3-7(8)14-10/h1,3,5H,2,4H2,(H,16,17). The summed E-state index contributed by atoms with van der Waals surface area (Å²) in [6.07, 6.45) is 0.535. The lowest BCUT2D eigenvalue weighted by Crippen LogP contribution is -1.97. The van der Waals surface area contributed by atoms with Crippen LogP contribution in [-0.4, -0.2) is 21.0 Å². The van der Waals surface area contributed by atoms with Gasteiger partial charge in [0, 0.05) is 6.42 Å². The molecule has 0 atom stereocenters. The Bertz CT molecular complexity index is 587. The lowest BCUT2D eigenvalue weighted by molar-refractivity contribution is -0.136. The number of carboxylic acids is 1. The van der Waals surface area contributed by atoms with Gasteiger partial charge in [0.15, 0.2) is 10.3 Å². The van der Waals surface area contributed by atoms with E-state index in [1.54, 1.807) is 12.1 Å². The number of hydrogen-bond acceptors (Lipinski definition) is 3. The van der Waals surface area contributed by atoms with Crippen molar-refractivity contribution in [2.24, 2.45) is 0 Å². The van der Waals surface area contributed by atoms with E-state index in [1.165, 1.54) is 0 Å². The third kappa shape index (κ3) is 2.84. The van der Waals surface area contributed by atoms with Crippen molar-refractivity contribution in [3.8, 4) is 0 Å². The van der Waals surface area contributed by atoms with Gasteiger partial charge in [-0.3, -0.25) is 4.79 Å². The Hall–Kier alpha value is -1.39. The Balaban J connectivity index is 2.36. The molecule has 1 heterocycles. The highest BCUT2D eigenvalue weighted by Gasteiger charge is 2.06. The maximum absolute atomic E-state index is 10.5. The number of aliphatic carboxylic acids is 1. The van der Waals surface area contributed by atoms with Crippen LogP contribution in [0.4, 0.5) is 0 Å². The smallest absolute Gasteiger partial charge is 0.303 e. The molecule has 0 unspecified atom stereocenters. The molecule has 0 amide bonds. The number of aryl methyl sites for hydroxylation is 1. The third-order valence-electron chi connectivity index (χ3n) is 2.27. The van der Waals surface area contributed by atoms with E-state index in [2.05, 4.69) is 9.97 Å². The first-order valence-electron chi connectivity index (χ1n) is 4.90. The van der Waals surface area contributed by atoms with Crippen molar-refractivity contribution in [3.05, 3.63) is 34.1 Å². The normalized spacial score (nSPS) is 10.7. The lowest BCUT2D eigenvalue weighted by atomic mass is 10.1. The van der Waals surface area contributed by atoms with Gasteiger partial charge in [0.1, 0.15) is 0 Å². The van der Waals surface area contributed by atoms with Crippen LogP contribution < -0.4 is 0 Å². The summed E-state index contributed by atoms with van der Waals surface area (Å²) in [7, 11) is 0. The number of halogens is 2. The fourth-order valence-corrected chi connectivity index (χ4v) is 1.73. The molecule has 0 aliphatic heterocycles. The molecule has 0 saturated carbocycles. The van der Waals surface area contributed by atoms with Gasteiger partial charge in [0.05, 0.1) is 11.0 Å². The minimum atomic E-state index is -0.828. The maximum atomic E-state index is 10.5. The predicted octanol–water partition coefficient (Wildman–Crippen LogP) is 2.95. The van der Waals surface area contributed by atoms with Crippen molar-refractivity contribution < 1.29 is 9.90 Å². The predicted molar refractivity (Wildman–Crippen MR) is 65.5 cm³/mol. The number of aromatic nitrogens is 2. The summed E-state index contributed by atoms with van der Waals surface area (Å²) in [6, 6.07) is 5.33. The Kier molecular flexibility index (Phi) is 3.45. The molecular weight excluding hydrogens is 263 g/mol. The number of carboxylic acid groups (broad SMARTS) is 1. The molecule has 0 saturated heterocycles. The molecule has 2 aromatic rings. The average Bonchev–Trinajstić information content (AvgIpc) is 2.28. The zero-order valence-corrected chi connectivity index (χ0v) is 10.2. The van der Waals surface area contributed by atoms with Crippen LogP contribution in [0, 0.1) is 0 Å². The zero-order valence-electron chi connectivity index (χ0n) is 8.65. The molecule has 1 aromatic carbocycles. The molecule has 1 aromatic heterocycles. The van der Waals surface area contributed by atoms with Crippen molar-refractivity contribution in [2.75, 3.05) is 0 Å². The largest absolute Gasteiger partial charge is 0.481 e. The Morgan fingerprint density at radius 2 is 1.82 bits per heavy atom. The van der Waals surface area contributed by atoms with Crippen LogP contribution >= 0.6 is 23.2 Å². The van der Waals surface area contributed by atoms with Gasteiger partial charge in [-0.1, -0.05) is 29.3 Å². The molecule has 0 fully saturated rings. The molecule has 6 heteroatoms. The molecule has 17 heavy (non-hydrogen) atoms. The summed E-state index contributed by atoms with van der Waals surface area (Å²) in [5, 5.41) is 8.91. The third-order valence-corrected chi connectivity index (χ3v) is 2.90. The highest BCUT2D eigenvalue weighted by atomic mass is 35.5. The molecule has 0 aliphatic carbocycles. The molecule has 88 valence electrons. The number of carbonyl (C=O) groups is 1. The number of benzene rings is 1. The topological polar surface area (TPSA) is 63.1 Å². The summed E-state index contributed by atoms with van der Waals surface area (Å²) in [5.41, 5.74) is 2.13. The lowest BCUT2D eigenvalue weighted by Gasteiger charge is -2.02. The van der Waals surface area contributed by atoms with E-state index in [-0.39, 0.29) is 16.7 Å². The fraction of sp³-hybridized carbons (Fsp3) is 0.182. The Morgan fingerprint density at radius 1 is 1.18 bits per heavy atom. The van der Waals surface area contributed by atoms with Crippen LogP contribution in [-0.2, 0) is 11.2 Å². The van der Waals surface area contributed by atoms with Crippen molar-refractivity contribution in [1.82, 2.24) is 9.97 Å². The van der Waals surface area contributed by atoms with E-state index in [1.807, 2.05) is 6.07 Å². The Labute approximate surface area is 107 Å². The van der Waals surface area contributed by atoms with E-state index in [0.29, 0.717) is 17.5 Å². The van der Waals surface area contributed by atoms with Crippen molar-refractivity contribution in [3.63, 3.8) is 0 Å². The van der Waals surface area contributed by atoms with Crippen LogP contribution in [0.1, 0.15) is 12.0 Å². The van der Waals surface area contributed by atoms with Gasteiger partial charge in [0.25, 0.3) is 0 Å². The molecule has 0 radical (unpaired) electrons. The van der Waals surface area contributed by atoms with E-state index in [9.17, 15) is 4.79 Å². The second kappa shape index (κ2) is 4.85. The SMILES string of the molecule is O=C(O)CCc1ccc2nc(Cl)c(Cl)nc2c1. The summed E-state index contributed by atoms with van der Waals surface area (Å²) in [4.78, 5) is 18.6. The van der Waals surface area contributed by atoms with Gasteiger partial charge in [-0.05, 0) is 24.1 Å². The van der Waals surface area contributed by atoms with Crippen molar-refractivity contribution in [2.45, 2.75) is 12.8 Å². The summed E-state index contributed by atoms with van der Waals surface area (Å²) in [6.45, 7) is 0. The highest BCUT2D eigenvalue weighted by molar-refractivity contribution is 6.40. The molecule has 4 nitrogen and oxygen atoms in total. The quantitative estimate of drug-likeness (QED) is 0.932.